The van der Waals surface area contributed by atoms with Crippen LogP contribution in [-0.4, -0.2) is 44.0 Å². The zero-order valence-electron chi connectivity index (χ0n) is 16.7. The van der Waals surface area contributed by atoms with Crippen LogP contribution in [0.25, 0.3) is 0 Å². The molecule has 0 aliphatic carbocycles. The summed E-state index contributed by atoms with van der Waals surface area (Å²) in [7, 11) is 0. The third kappa shape index (κ3) is 4.28. The van der Waals surface area contributed by atoms with E-state index in [1.54, 1.807) is 6.92 Å². The molecule has 7 nitrogen and oxygen atoms in total. The van der Waals surface area contributed by atoms with Crippen LogP contribution in [0.5, 0.6) is 0 Å². The molecule has 5 atom stereocenters. The number of hydrogen-bond acceptors (Lipinski definition) is 7. The van der Waals surface area contributed by atoms with E-state index < -0.39 is 28.6 Å². The first-order valence-electron chi connectivity index (χ1n) is 9.86. The topological polar surface area (TPSA) is 108 Å². The number of fused-ring (bicyclic) bond motifs is 1. The Bertz CT molecular complexity index is 1040. The molecule has 2 aliphatic rings. The number of pyridine rings is 1. The van der Waals surface area contributed by atoms with Gasteiger partial charge in [0.15, 0.2) is 18.9 Å². The maximum absolute atomic E-state index is 12.3. The quantitative estimate of drug-likeness (QED) is 0.479. The molecule has 1 aromatic heterocycles. The number of carboxylic acid groups (broad SMARTS) is 1. The van der Waals surface area contributed by atoms with Crippen molar-refractivity contribution in [2.45, 2.75) is 46.9 Å². The van der Waals surface area contributed by atoms with Gasteiger partial charge in [0.25, 0.3) is 0 Å². The van der Waals surface area contributed by atoms with Crippen LogP contribution >= 0.6 is 23.5 Å². The predicted molar refractivity (Wildman–Crippen MR) is 113 cm³/mol. The van der Waals surface area contributed by atoms with E-state index in [-0.39, 0.29) is 11.3 Å². The van der Waals surface area contributed by atoms with Crippen molar-refractivity contribution < 1.29 is 24.4 Å². The van der Waals surface area contributed by atoms with E-state index >= 15 is 0 Å². The standard InChI is InChI=1S/C22H21N3O4S2/c1-13(26)17-19(27)25-18(21(28)29)22(31-20(17)25)30-16-6-4-15(5-7-16)12-24-10-2-3-14(11-24)8-9-23/h2-7,10-11,13,17-18,20,22,26H,8,12H2,1H3/t13-,17+,18?,20-,22?/m1/s1. The summed E-state index contributed by atoms with van der Waals surface area (Å²) in [6.07, 6.45) is 3.45. The lowest BCUT2D eigenvalue weighted by Gasteiger charge is -2.45. The maximum Gasteiger partial charge on any atom is 0.232 e. The molecule has 4 rings (SSSR count). The van der Waals surface area contributed by atoms with Crippen LogP contribution in [0.4, 0.5) is 0 Å². The zero-order chi connectivity index (χ0) is 22.1. The Balaban J connectivity index is 1.44. The summed E-state index contributed by atoms with van der Waals surface area (Å²) in [5, 5.41) is 30.1. The van der Waals surface area contributed by atoms with Crippen molar-refractivity contribution in [3.05, 3.63) is 59.9 Å². The molecule has 2 fully saturated rings. The number of nitrogens with zero attached hydrogens (tertiary/aromatic N) is 3. The summed E-state index contributed by atoms with van der Waals surface area (Å²) in [6, 6.07) is 12.8. The SMILES string of the molecule is C[C@@H](O)[C@H]1C(=O)N2C(C(=O)[O-])C(Sc3ccc(C[n+]4cccc(CC#N)c4)cc3)S[C@H]12. The van der Waals surface area contributed by atoms with Crippen LogP contribution in [0.15, 0.2) is 53.7 Å². The van der Waals surface area contributed by atoms with E-state index in [4.69, 9.17) is 5.26 Å². The fourth-order valence-corrected chi connectivity index (χ4v) is 7.32. The molecule has 3 heterocycles. The Morgan fingerprint density at radius 1 is 1.35 bits per heavy atom. The van der Waals surface area contributed by atoms with Gasteiger partial charge in [0.2, 0.25) is 5.91 Å². The molecule has 0 spiro atoms. The van der Waals surface area contributed by atoms with Gasteiger partial charge >= 0.3 is 0 Å². The van der Waals surface area contributed by atoms with Crippen molar-refractivity contribution in [2.24, 2.45) is 5.92 Å². The Labute approximate surface area is 188 Å². The zero-order valence-corrected chi connectivity index (χ0v) is 18.4. The summed E-state index contributed by atoms with van der Waals surface area (Å²) >= 11 is 2.80. The number of aliphatic hydroxyl groups excluding tert-OH is 1. The molecule has 0 bridgehead atoms. The number of carboxylic acids is 1. The van der Waals surface area contributed by atoms with Gasteiger partial charge < -0.3 is 19.9 Å². The molecule has 1 N–H and O–H groups in total. The number of nitriles is 1. The molecular formula is C22H21N3O4S2. The van der Waals surface area contributed by atoms with E-state index in [0.29, 0.717) is 13.0 Å². The van der Waals surface area contributed by atoms with Gasteiger partial charge in [-0.1, -0.05) is 12.1 Å². The third-order valence-corrected chi connectivity index (χ3v) is 8.44. The van der Waals surface area contributed by atoms with Gasteiger partial charge in [0.05, 0.1) is 46.5 Å². The lowest BCUT2D eigenvalue weighted by Crippen LogP contribution is -2.65. The first-order chi connectivity index (χ1) is 14.9. The molecular weight excluding hydrogens is 434 g/mol. The predicted octanol–water partition coefficient (Wildman–Crippen LogP) is 0.537. The highest BCUT2D eigenvalue weighted by molar-refractivity contribution is 8.17. The second-order valence-corrected chi connectivity index (χ2v) is 10.4. The van der Waals surface area contributed by atoms with Gasteiger partial charge in [-0.15, -0.1) is 23.5 Å². The average Bonchev–Trinajstić information content (AvgIpc) is 3.04. The minimum absolute atomic E-state index is 0.323. The van der Waals surface area contributed by atoms with Crippen LogP contribution in [0.3, 0.4) is 0 Å². The van der Waals surface area contributed by atoms with E-state index in [2.05, 4.69) is 6.07 Å². The fraction of sp³-hybridized carbons (Fsp3) is 0.364. The van der Waals surface area contributed by atoms with Crippen LogP contribution < -0.4 is 9.67 Å². The van der Waals surface area contributed by atoms with Gasteiger partial charge in [-0.2, -0.15) is 5.26 Å². The molecule has 31 heavy (non-hydrogen) atoms. The molecule has 9 heteroatoms. The number of aromatic nitrogens is 1. The number of amides is 1. The smallest absolute Gasteiger partial charge is 0.232 e. The van der Waals surface area contributed by atoms with Gasteiger partial charge in [0, 0.05) is 22.1 Å². The van der Waals surface area contributed by atoms with Gasteiger partial charge in [-0.25, -0.2) is 4.57 Å². The number of thioether (sulfide) groups is 2. The van der Waals surface area contributed by atoms with Crippen LogP contribution in [0.1, 0.15) is 18.1 Å². The second kappa shape index (κ2) is 8.91. The lowest BCUT2D eigenvalue weighted by atomic mass is 9.91. The summed E-state index contributed by atoms with van der Waals surface area (Å²) in [4.78, 5) is 26.3. The van der Waals surface area contributed by atoms with Crippen molar-refractivity contribution in [2.75, 3.05) is 0 Å². The Kier molecular flexibility index (Phi) is 6.23. The number of carbonyl (C=O) groups excluding carboxylic acids is 2. The molecule has 2 aromatic rings. The molecule has 2 saturated heterocycles. The molecule has 2 unspecified atom stereocenters. The average molecular weight is 456 g/mol. The Morgan fingerprint density at radius 2 is 2.10 bits per heavy atom. The number of β-lactam (4-membered cyclic amide) rings is 1. The first-order valence-corrected chi connectivity index (χ1v) is 11.7. The van der Waals surface area contributed by atoms with Crippen LogP contribution in [-0.2, 0) is 22.6 Å². The summed E-state index contributed by atoms with van der Waals surface area (Å²) in [5.41, 5.74) is 2.03. The molecule has 160 valence electrons. The molecule has 0 radical (unpaired) electrons. The van der Waals surface area contributed by atoms with Crippen LogP contribution in [0.2, 0.25) is 0 Å². The third-order valence-electron chi connectivity index (χ3n) is 5.46. The van der Waals surface area contributed by atoms with Crippen molar-refractivity contribution in [3.63, 3.8) is 0 Å². The molecule has 2 aliphatic heterocycles. The van der Waals surface area contributed by atoms with E-state index in [9.17, 15) is 19.8 Å². The van der Waals surface area contributed by atoms with Crippen molar-refractivity contribution in [1.82, 2.24) is 4.90 Å². The highest BCUT2D eigenvalue weighted by Crippen LogP contribution is 2.53. The highest BCUT2D eigenvalue weighted by Gasteiger charge is 2.60. The Hall–Kier alpha value is -2.54. The van der Waals surface area contributed by atoms with Crippen LogP contribution in [0, 0.1) is 17.2 Å². The van der Waals surface area contributed by atoms with Gasteiger partial charge in [-0.3, -0.25) is 4.79 Å². The molecule has 1 aromatic carbocycles. The molecule has 0 saturated carbocycles. The minimum Gasteiger partial charge on any atom is -0.548 e. The number of benzene rings is 1. The second-order valence-electron chi connectivity index (χ2n) is 7.65. The van der Waals surface area contributed by atoms with Gasteiger partial charge in [-0.05, 0) is 25.1 Å². The first kappa shape index (κ1) is 21.7. The highest BCUT2D eigenvalue weighted by atomic mass is 32.2. The van der Waals surface area contributed by atoms with Crippen molar-refractivity contribution in [3.8, 4) is 6.07 Å². The largest absolute Gasteiger partial charge is 0.548 e. The summed E-state index contributed by atoms with van der Waals surface area (Å²) in [6.45, 7) is 2.21. The van der Waals surface area contributed by atoms with E-state index in [1.165, 1.54) is 28.4 Å². The van der Waals surface area contributed by atoms with E-state index in [1.807, 2.05) is 53.4 Å². The van der Waals surface area contributed by atoms with Gasteiger partial charge in [0.1, 0.15) is 0 Å². The fourth-order valence-electron chi connectivity index (χ4n) is 3.95. The minimum atomic E-state index is -1.27. The summed E-state index contributed by atoms with van der Waals surface area (Å²) in [5.74, 6) is -2.15. The number of rotatable bonds is 7. The number of carbonyl (C=O) groups is 2. The van der Waals surface area contributed by atoms with E-state index in [0.717, 1.165) is 16.0 Å². The summed E-state index contributed by atoms with van der Waals surface area (Å²) < 4.78 is 1.62. The number of aliphatic carboxylic acids is 1. The monoisotopic (exact) mass is 455 g/mol. The Morgan fingerprint density at radius 3 is 2.74 bits per heavy atom. The van der Waals surface area contributed by atoms with Crippen molar-refractivity contribution >= 4 is 35.4 Å². The lowest BCUT2D eigenvalue weighted by molar-refractivity contribution is -0.688. The number of aliphatic hydroxyl groups is 1. The normalized spacial score (nSPS) is 25.5. The maximum atomic E-state index is 12.3. The molecule has 1 amide bonds. The number of hydrogen-bond donors (Lipinski definition) is 1. The van der Waals surface area contributed by atoms with Crippen molar-refractivity contribution in [1.29, 1.82) is 5.26 Å².